The van der Waals surface area contributed by atoms with Crippen molar-refractivity contribution in [2.24, 2.45) is 0 Å². The maximum absolute atomic E-state index is 13.2. The highest BCUT2D eigenvalue weighted by atomic mass is 16.2. The minimum absolute atomic E-state index is 0.0783. The fourth-order valence-electron chi connectivity index (χ4n) is 3.31. The van der Waals surface area contributed by atoms with Gasteiger partial charge < -0.3 is 10.2 Å². The molecule has 0 aliphatic carbocycles. The molecule has 0 atom stereocenters. The highest BCUT2D eigenvalue weighted by Crippen LogP contribution is 2.28. The second-order valence-electron chi connectivity index (χ2n) is 6.67. The first kappa shape index (κ1) is 19.8. The van der Waals surface area contributed by atoms with Gasteiger partial charge in [-0.15, -0.1) is 10.2 Å². The van der Waals surface area contributed by atoms with Gasteiger partial charge in [-0.3, -0.25) is 4.79 Å². The largest absolute Gasteiger partial charge is 0.360 e. The monoisotopic (exact) mass is 409 g/mol. The van der Waals surface area contributed by atoms with Gasteiger partial charge in [-0.2, -0.15) is 10.5 Å². The van der Waals surface area contributed by atoms with E-state index in [0.29, 0.717) is 12.1 Å². The molecule has 0 saturated carbocycles. The molecule has 0 aliphatic heterocycles. The van der Waals surface area contributed by atoms with Crippen LogP contribution in [0.5, 0.6) is 0 Å². The number of nitrogens with zero attached hydrogens (tertiary/aromatic N) is 5. The van der Waals surface area contributed by atoms with Gasteiger partial charge in [0.2, 0.25) is 5.82 Å². The van der Waals surface area contributed by atoms with E-state index < -0.39 is 0 Å². The van der Waals surface area contributed by atoms with Gasteiger partial charge in [0, 0.05) is 29.4 Å². The van der Waals surface area contributed by atoms with E-state index in [1.807, 2.05) is 55.5 Å². The number of nitriles is 1. The molecule has 8 heteroatoms. The fraction of sp³-hybridized carbons (Fsp3) is 0.0870. The van der Waals surface area contributed by atoms with Crippen LogP contribution in [0.3, 0.4) is 0 Å². The number of aromatic amines is 1. The molecule has 1 heterocycles. The number of tetrazole rings is 1. The summed E-state index contributed by atoms with van der Waals surface area (Å²) < 4.78 is 0. The number of fused-ring (bicyclic) bond motifs is 1. The molecule has 3 aromatic carbocycles. The summed E-state index contributed by atoms with van der Waals surface area (Å²) in [4.78, 5) is 15.0. The normalized spacial score (nSPS) is 11.2. The van der Waals surface area contributed by atoms with Crippen LogP contribution >= 0.6 is 0 Å². The third-order valence-electron chi connectivity index (χ3n) is 4.84. The first-order valence-corrected chi connectivity index (χ1v) is 9.71. The summed E-state index contributed by atoms with van der Waals surface area (Å²) >= 11 is 0. The Bertz CT molecular complexity index is 1270. The van der Waals surface area contributed by atoms with Crippen LogP contribution in [-0.4, -0.2) is 33.1 Å². The van der Waals surface area contributed by atoms with E-state index in [-0.39, 0.29) is 17.3 Å². The minimum Gasteiger partial charge on any atom is -0.360 e. The molecule has 0 bridgehead atoms. The lowest BCUT2D eigenvalue weighted by molar-refractivity contribution is 0.0988. The zero-order valence-corrected chi connectivity index (χ0v) is 16.8. The SMILES string of the molecule is CCN(C(=O)c1ccc(NC=C(C#N)c2nn[nH]n2)cc1)c1cccc2ccccc12. The number of nitrogens with one attached hydrogen (secondary N) is 2. The Hall–Kier alpha value is -4.51. The number of benzene rings is 3. The molecule has 2 N–H and O–H groups in total. The van der Waals surface area contributed by atoms with Crippen molar-refractivity contribution in [1.29, 1.82) is 5.26 Å². The maximum atomic E-state index is 13.2. The first-order valence-electron chi connectivity index (χ1n) is 9.71. The second-order valence-corrected chi connectivity index (χ2v) is 6.67. The molecule has 8 nitrogen and oxygen atoms in total. The number of carbonyl (C=O) groups is 1. The van der Waals surface area contributed by atoms with Crippen LogP contribution in [0.1, 0.15) is 23.1 Å². The van der Waals surface area contributed by atoms with Crippen molar-refractivity contribution in [1.82, 2.24) is 20.6 Å². The van der Waals surface area contributed by atoms with Crippen LogP contribution in [0.25, 0.3) is 16.3 Å². The van der Waals surface area contributed by atoms with Crippen molar-refractivity contribution in [3.63, 3.8) is 0 Å². The number of aromatic nitrogens is 4. The van der Waals surface area contributed by atoms with Crippen LogP contribution in [0.2, 0.25) is 0 Å². The summed E-state index contributed by atoms with van der Waals surface area (Å²) in [6.45, 7) is 2.51. The van der Waals surface area contributed by atoms with Crippen molar-refractivity contribution in [3.05, 3.63) is 84.3 Å². The standard InChI is InChI=1S/C23H19N7O/c1-2-30(21-9-5-7-16-6-3-4-8-20(16)21)23(31)17-10-12-19(13-11-17)25-15-18(14-24)22-26-28-29-27-22/h3-13,15,25H,2H2,1H3,(H,26,27,28,29). The van der Waals surface area contributed by atoms with Gasteiger partial charge >= 0.3 is 0 Å². The average Bonchev–Trinajstić information content (AvgIpc) is 3.35. The molecule has 152 valence electrons. The Kier molecular flexibility index (Phi) is 5.67. The maximum Gasteiger partial charge on any atom is 0.258 e. The molecule has 31 heavy (non-hydrogen) atoms. The lowest BCUT2D eigenvalue weighted by atomic mass is 10.1. The zero-order valence-electron chi connectivity index (χ0n) is 16.8. The van der Waals surface area contributed by atoms with E-state index >= 15 is 0 Å². The number of rotatable bonds is 6. The second kappa shape index (κ2) is 8.88. The van der Waals surface area contributed by atoms with Crippen LogP contribution in [0.4, 0.5) is 11.4 Å². The van der Waals surface area contributed by atoms with Gasteiger partial charge in [-0.25, -0.2) is 0 Å². The van der Waals surface area contributed by atoms with Gasteiger partial charge in [-0.1, -0.05) is 36.4 Å². The Labute approximate surface area is 178 Å². The summed E-state index contributed by atoms with van der Waals surface area (Å²) in [5.74, 6) is 0.126. The molecule has 0 unspecified atom stereocenters. The molecule has 1 amide bonds. The first-order chi connectivity index (χ1) is 15.2. The van der Waals surface area contributed by atoms with Crippen molar-refractivity contribution in [2.45, 2.75) is 6.92 Å². The third kappa shape index (κ3) is 4.11. The van der Waals surface area contributed by atoms with Crippen molar-refractivity contribution in [2.75, 3.05) is 16.8 Å². The summed E-state index contributed by atoms with van der Waals surface area (Å²) in [6.07, 6.45) is 1.50. The number of anilines is 2. The van der Waals surface area contributed by atoms with Crippen LogP contribution < -0.4 is 10.2 Å². The number of hydrogen-bond donors (Lipinski definition) is 2. The third-order valence-corrected chi connectivity index (χ3v) is 4.84. The van der Waals surface area contributed by atoms with Crippen LogP contribution in [0, 0.1) is 11.3 Å². The van der Waals surface area contributed by atoms with E-state index in [0.717, 1.165) is 22.1 Å². The predicted octanol–water partition coefficient (Wildman–Crippen LogP) is 4.00. The van der Waals surface area contributed by atoms with Crippen LogP contribution in [0.15, 0.2) is 72.9 Å². The Morgan fingerprint density at radius 2 is 1.90 bits per heavy atom. The van der Waals surface area contributed by atoms with Gasteiger partial charge in [0.1, 0.15) is 11.6 Å². The predicted molar refractivity (Wildman–Crippen MR) is 119 cm³/mol. The Morgan fingerprint density at radius 3 is 2.61 bits per heavy atom. The lowest BCUT2D eigenvalue weighted by Crippen LogP contribution is -2.30. The summed E-state index contributed by atoms with van der Waals surface area (Å²) in [5.41, 5.74) is 2.42. The van der Waals surface area contributed by atoms with Crippen molar-refractivity contribution >= 4 is 33.6 Å². The summed E-state index contributed by atoms with van der Waals surface area (Å²) in [6, 6.07) is 23.1. The highest BCUT2D eigenvalue weighted by Gasteiger charge is 2.18. The van der Waals surface area contributed by atoms with Crippen LogP contribution in [-0.2, 0) is 0 Å². The molecule has 0 radical (unpaired) electrons. The van der Waals surface area contributed by atoms with Crippen molar-refractivity contribution in [3.8, 4) is 6.07 Å². The van der Waals surface area contributed by atoms with Crippen molar-refractivity contribution < 1.29 is 4.79 Å². The molecular weight excluding hydrogens is 390 g/mol. The van der Waals surface area contributed by atoms with E-state index in [4.69, 9.17) is 0 Å². The number of allylic oxidation sites excluding steroid dienone is 1. The van der Waals surface area contributed by atoms with Gasteiger partial charge in [0.05, 0.1) is 5.69 Å². The average molecular weight is 409 g/mol. The number of amides is 1. The number of hydrogen-bond acceptors (Lipinski definition) is 6. The zero-order chi connectivity index (χ0) is 21.6. The smallest absolute Gasteiger partial charge is 0.258 e. The highest BCUT2D eigenvalue weighted by molar-refractivity contribution is 6.10. The van der Waals surface area contributed by atoms with Gasteiger partial charge in [0.15, 0.2) is 0 Å². The van der Waals surface area contributed by atoms with E-state index in [1.165, 1.54) is 6.20 Å². The van der Waals surface area contributed by atoms with Gasteiger partial charge in [0.25, 0.3) is 5.91 Å². The quantitative estimate of drug-likeness (QED) is 0.466. The molecule has 1 aromatic heterocycles. The van der Waals surface area contributed by atoms with Gasteiger partial charge in [-0.05, 0) is 47.9 Å². The van der Waals surface area contributed by atoms with E-state index in [9.17, 15) is 10.1 Å². The lowest BCUT2D eigenvalue weighted by Gasteiger charge is -2.23. The Balaban J connectivity index is 1.55. The molecule has 0 saturated heterocycles. The fourth-order valence-corrected chi connectivity index (χ4v) is 3.31. The Morgan fingerprint density at radius 1 is 1.13 bits per heavy atom. The summed E-state index contributed by atoms with van der Waals surface area (Å²) in [7, 11) is 0. The summed E-state index contributed by atoms with van der Waals surface area (Å²) in [5, 5.41) is 27.7. The van der Waals surface area contributed by atoms with E-state index in [1.54, 1.807) is 29.2 Å². The topological polar surface area (TPSA) is 111 Å². The molecule has 0 fully saturated rings. The molecule has 0 aliphatic rings. The molecule has 4 aromatic rings. The number of H-pyrrole nitrogens is 1. The number of carbonyl (C=O) groups excluding carboxylic acids is 1. The van der Waals surface area contributed by atoms with E-state index in [2.05, 4.69) is 25.9 Å². The molecule has 4 rings (SSSR count). The minimum atomic E-state index is -0.0783. The molecular formula is C23H19N7O. The molecule has 0 spiro atoms.